The highest BCUT2D eigenvalue weighted by atomic mass is 35.5. The SMILES string of the molecule is CC(C)(C)c1ccc([C@H]2c3sc(=O)n(CC(=O)Nc4ccc(S(N)(=O)=O)cc4)c3SC3C(=O)N(c4ccc(Cl)cc4)C(=O)C32)cc1. The van der Waals surface area contributed by atoms with Crippen LogP contribution in [-0.2, 0) is 36.4 Å². The summed E-state index contributed by atoms with van der Waals surface area (Å²) in [4.78, 5) is 55.9. The number of imide groups is 1. The van der Waals surface area contributed by atoms with Gasteiger partial charge >= 0.3 is 4.87 Å². The number of nitrogens with two attached hydrogens (primary N) is 1. The van der Waals surface area contributed by atoms with E-state index in [2.05, 4.69) is 26.1 Å². The Labute approximate surface area is 278 Å². The lowest BCUT2D eigenvalue weighted by Gasteiger charge is -2.31. The van der Waals surface area contributed by atoms with Crippen LogP contribution in [-0.4, -0.2) is 36.0 Å². The Bertz CT molecular complexity index is 2030. The predicted octanol–water partition coefficient (Wildman–Crippen LogP) is 4.94. The molecule has 6 rings (SSSR count). The molecule has 2 unspecified atom stereocenters. The Morgan fingerprint density at radius 1 is 0.935 bits per heavy atom. The summed E-state index contributed by atoms with van der Waals surface area (Å²) in [7, 11) is -3.90. The third kappa shape index (κ3) is 5.93. The molecule has 14 heteroatoms. The minimum Gasteiger partial charge on any atom is -0.325 e. The lowest BCUT2D eigenvalue weighted by atomic mass is 9.81. The number of hydrogen-bond donors (Lipinski definition) is 2. The molecule has 2 aliphatic rings. The van der Waals surface area contributed by atoms with Gasteiger partial charge in [-0.25, -0.2) is 18.5 Å². The van der Waals surface area contributed by atoms with E-state index < -0.39 is 43.8 Å². The van der Waals surface area contributed by atoms with E-state index >= 15 is 0 Å². The molecule has 0 saturated carbocycles. The highest BCUT2D eigenvalue weighted by Crippen LogP contribution is 2.54. The largest absolute Gasteiger partial charge is 0.325 e. The fourth-order valence-corrected chi connectivity index (χ4v) is 9.14. The predicted molar refractivity (Wildman–Crippen MR) is 179 cm³/mol. The summed E-state index contributed by atoms with van der Waals surface area (Å²) in [5.74, 6) is -2.69. The number of hydrogen-bond acceptors (Lipinski definition) is 8. The van der Waals surface area contributed by atoms with Gasteiger partial charge in [0.05, 0.1) is 21.5 Å². The van der Waals surface area contributed by atoms with Crippen LogP contribution in [0.2, 0.25) is 5.02 Å². The Kier molecular flexibility index (Phi) is 8.26. The minimum absolute atomic E-state index is 0.107. The van der Waals surface area contributed by atoms with Crippen molar-refractivity contribution in [3.63, 3.8) is 0 Å². The number of rotatable bonds is 6. The summed E-state index contributed by atoms with van der Waals surface area (Å²) in [6.07, 6.45) is 0. The molecule has 0 spiro atoms. The van der Waals surface area contributed by atoms with Crippen LogP contribution in [0, 0.1) is 5.92 Å². The zero-order valence-electron chi connectivity index (χ0n) is 24.9. The molecule has 10 nitrogen and oxygen atoms in total. The van der Waals surface area contributed by atoms with Gasteiger partial charge < -0.3 is 5.32 Å². The Morgan fingerprint density at radius 2 is 1.57 bits per heavy atom. The molecule has 3 aromatic carbocycles. The maximum Gasteiger partial charge on any atom is 0.308 e. The van der Waals surface area contributed by atoms with Crippen molar-refractivity contribution in [2.75, 3.05) is 10.2 Å². The standard InChI is InChI=1S/C32H29ClN4O6S3/c1-32(2,3)18-6-4-17(5-7-18)24-25-26(29(40)37(28(25)39)21-12-8-19(33)9-13-21)44-30-27(24)45-31(41)36(30)16-23(38)35-20-10-14-22(15-11-20)46(34,42)43/h4-15,24-26H,16H2,1-3H3,(H,35,38)(H2,34,42,43)/t24-,25?,26?/m1/s1. The van der Waals surface area contributed by atoms with Crippen molar-refractivity contribution in [3.05, 3.63) is 103 Å². The average Bonchev–Trinajstić information content (AvgIpc) is 3.43. The third-order valence-electron chi connectivity index (χ3n) is 8.04. The van der Waals surface area contributed by atoms with E-state index in [1.165, 1.54) is 33.7 Å². The molecular formula is C32H29ClN4O6S3. The van der Waals surface area contributed by atoms with E-state index in [9.17, 15) is 27.6 Å². The zero-order valence-corrected chi connectivity index (χ0v) is 28.1. The molecule has 2 aliphatic heterocycles. The number of thioether (sulfide) groups is 1. The number of carbonyl (C=O) groups excluding carboxylic acids is 3. The minimum atomic E-state index is -3.90. The number of anilines is 2. The van der Waals surface area contributed by atoms with Crippen molar-refractivity contribution in [1.82, 2.24) is 4.57 Å². The van der Waals surface area contributed by atoms with Crippen molar-refractivity contribution in [3.8, 4) is 0 Å². The van der Waals surface area contributed by atoms with E-state index in [0.717, 1.165) is 34.2 Å². The van der Waals surface area contributed by atoms with Crippen molar-refractivity contribution < 1.29 is 22.8 Å². The number of thiazole rings is 1. The summed E-state index contributed by atoms with van der Waals surface area (Å²) >= 11 is 8.15. The van der Waals surface area contributed by atoms with Crippen LogP contribution in [0.15, 0.2) is 87.5 Å². The molecule has 4 aromatic rings. The summed E-state index contributed by atoms with van der Waals surface area (Å²) in [5, 5.41) is 7.92. The Morgan fingerprint density at radius 3 is 2.15 bits per heavy atom. The van der Waals surface area contributed by atoms with Gasteiger partial charge in [0, 0.05) is 21.5 Å². The Hall–Kier alpha value is -3.75. The van der Waals surface area contributed by atoms with Crippen LogP contribution in [0.4, 0.5) is 11.4 Å². The van der Waals surface area contributed by atoms with Gasteiger partial charge in [-0.15, -0.1) is 0 Å². The van der Waals surface area contributed by atoms with Gasteiger partial charge in [-0.2, -0.15) is 0 Å². The second-order valence-electron chi connectivity index (χ2n) is 12.1. The van der Waals surface area contributed by atoms with Gasteiger partial charge in [0.2, 0.25) is 27.7 Å². The van der Waals surface area contributed by atoms with Crippen LogP contribution >= 0.6 is 34.7 Å². The second-order valence-corrected chi connectivity index (χ2v) is 16.3. The number of sulfonamides is 1. The molecule has 3 N–H and O–H groups in total. The van der Waals surface area contributed by atoms with Crippen LogP contribution in [0.5, 0.6) is 0 Å². The van der Waals surface area contributed by atoms with Gasteiger partial charge in [0.1, 0.15) is 11.8 Å². The molecule has 238 valence electrons. The van der Waals surface area contributed by atoms with Gasteiger partial charge in [-0.1, -0.05) is 79.7 Å². The first-order valence-electron chi connectivity index (χ1n) is 14.2. The van der Waals surface area contributed by atoms with E-state index in [1.54, 1.807) is 24.3 Å². The Balaban J connectivity index is 1.38. The summed E-state index contributed by atoms with van der Waals surface area (Å²) in [6, 6.07) is 19.7. The number of nitrogens with one attached hydrogen (secondary N) is 1. The average molecular weight is 697 g/mol. The summed E-state index contributed by atoms with van der Waals surface area (Å²) in [5.41, 5.74) is 2.49. The monoisotopic (exact) mass is 696 g/mol. The van der Waals surface area contributed by atoms with Crippen LogP contribution < -0.4 is 20.2 Å². The number of benzene rings is 3. The first-order valence-corrected chi connectivity index (χ1v) is 17.8. The number of primary sulfonamides is 1. The molecule has 3 atom stereocenters. The molecule has 3 amide bonds. The molecule has 0 bridgehead atoms. The van der Waals surface area contributed by atoms with Crippen molar-refractivity contribution in [2.24, 2.45) is 11.1 Å². The number of nitrogens with zero attached hydrogens (tertiary/aromatic N) is 2. The zero-order chi connectivity index (χ0) is 33.1. The quantitative estimate of drug-likeness (QED) is 0.271. The number of fused-ring (bicyclic) bond motifs is 2. The molecule has 0 aliphatic carbocycles. The van der Waals surface area contributed by atoms with Crippen molar-refractivity contribution >= 4 is 73.8 Å². The van der Waals surface area contributed by atoms with Gasteiger partial charge in [-0.3, -0.25) is 23.7 Å². The van der Waals surface area contributed by atoms with Gasteiger partial charge in [-0.05, 0) is 65.1 Å². The molecule has 1 fully saturated rings. The highest BCUT2D eigenvalue weighted by molar-refractivity contribution is 8.00. The van der Waals surface area contributed by atoms with Crippen LogP contribution in [0.3, 0.4) is 0 Å². The van der Waals surface area contributed by atoms with E-state index in [0.29, 0.717) is 26.3 Å². The lowest BCUT2D eigenvalue weighted by molar-refractivity contribution is -0.122. The molecule has 46 heavy (non-hydrogen) atoms. The van der Waals surface area contributed by atoms with Gasteiger partial charge in [0.25, 0.3) is 0 Å². The maximum absolute atomic E-state index is 14.1. The smallest absolute Gasteiger partial charge is 0.308 e. The molecular weight excluding hydrogens is 668 g/mol. The van der Waals surface area contributed by atoms with Crippen LogP contribution in [0.1, 0.15) is 42.7 Å². The number of aromatic nitrogens is 1. The van der Waals surface area contributed by atoms with Gasteiger partial charge in [0.15, 0.2) is 0 Å². The third-order valence-corrected chi connectivity index (χ3v) is 11.8. The molecule has 0 radical (unpaired) electrons. The van der Waals surface area contributed by atoms with E-state index in [-0.39, 0.29) is 22.8 Å². The number of carbonyl (C=O) groups is 3. The molecule has 1 aromatic heterocycles. The lowest BCUT2D eigenvalue weighted by Crippen LogP contribution is -2.33. The van der Waals surface area contributed by atoms with Crippen molar-refractivity contribution in [1.29, 1.82) is 0 Å². The first kappa shape index (κ1) is 32.2. The second kappa shape index (κ2) is 11.8. The fraction of sp³-hybridized carbons (Fsp3) is 0.250. The summed E-state index contributed by atoms with van der Waals surface area (Å²) < 4.78 is 24.5. The number of amides is 3. The highest BCUT2D eigenvalue weighted by Gasteiger charge is 2.56. The van der Waals surface area contributed by atoms with E-state index in [1.807, 2.05) is 24.3 Å². The maximum atomic E-state index is 14.1. The normalized spacial score (nSPS) is 19.6. The van der Waals surface area contributed by atoms with E-state index in [4.69, 9.17) is 16.7 Å². The first-order chi connectivity index (χ1) is 21.6. The number of halogens is 1. The fourth-order valence-electron chi connectivity index (χ4n) is 5.72. The van der Waals surface area contributed by atoms with Crippen LogP contribution in [0.25, 0.3) is 0 Å². The molecule has 3 heterocycles. The summed E-state index contributed by atoms with van der Waals surface area (Å²) in [6.45, 7) is 5.94. The molecule has 1 saturated heterocycles. The topological polar surface area (TPSA) is 149 Å². The van der Waals surface area contributed by atoms with Crippen molar-refractivity contribution in [2.45, 2.75) is 53.8 Å².